The van der Waals surface area contributed by atoms with Gasteiger partial charge >= 0.3 is 6.09 Å². The van der Waals surface area contributed by atoms with Gasteiger partial charge in [0.15, 0.2) is 5.60 Å². The van der Waals surface area contributed by atoms with Crippen LogP contribution in [0.4, 0.5) is 10.5 Å². The van der Waals surface area contributed by atoms with Crippen LogP contribution in [-0.4, -0.2) is 17.6 Å². The molecule has 4 nitrogen and oxygen atoms in total. The van der Waals surface area contributed by atoms with Gasteiger partial charge in [0.1, 0.15) is 0 Å². The number of anilines is 1. The van der Waals surface area contributed by atoms with Gasteiger partial charge in [0, 0.05) is 5.39 Å². The zero-order chi connectivity index (χ0) is 13.6. The van der Waals surface area contributed by atoms with Crippen LogP contribution in [0.2, 0.25) is 0 Å². The molecule has 0 aromatic heterocycles. The Morgan fingerprint density at radius 1 is 1.00 bits per heavy atom. The van der Waals surface area contributed by atoms with E-state index in [4.69, 9.17) is 4.74 Å². The van der Waals surface area contributed by atoms with Gasteiger partial charge in [-0.2, -0.15) is 0 Å². The third-order valence-corrected chi connectivity index (χ3v) is 3.25. The quantitative estimate of drug-likeness (QED) is 0.786. The molecule has 0 N–H and O–H groups in total. The first-order chi connectivity index (χ1) is 9.00. The number of carbonyl (C=O) groups excluding carboxylic acids is 2. The molecular weight excluding hydrogens is 242 g/mol. The molecule has 0 aliphatic carbocycles. The van der Waals surface area contributed by atoms with Gasteiger partial charge < -0.3 is 4.74 Å². The van der Waals surface area contributed by atoms with Crippen molar-refractivity contribution in [1.82, 2.24) is 0 Å². The van der Waals surface area contributed by atoms with E-state index in [9.17, 15) is 9.59 Å². The molecule has 2 amide bonds. The Bertz CT molecular complexity index is 685. The van der Waals surface area contributed by atoms with Gasteiger partial charge in [0.25, 0.3) is 5.91 Å². The van der Waals surface area contributed by atoms with Crippen molar-refractivity contribution >= 4 is 28.5 Å². The molecule has 0 unspecified atom stereocenters. The third-order valence-electron chi connectivity index (χ3n) is 3.25. The summed E-state index contributed by atoms with van der Waals surface area (Å²) >= 11 is 0. The monoisotopic (exact) mass is 255 g/mol. The second kappa shape index (κ2) is 3.82. The molecule has 2 aromatic carbocycles. The van der Waals surface area contributed by atoms with E-state index in [-0.39, 0.29) is 5.91 Å². The molecule has 0 saturated carbocycles. The molecule has 1 heterocycles. The van der Waals surface area contributed by atoms with E-state index in [1.54, 1.807) is 19.9 Å². The fourth-order valence-corrected chi connectivity index (χ4v) is 2.27. The summed E-state index contributed by atoms with van der Waals surface area (Å²) in [6, 6.07) is 13.1. The zero-order valence-corrected chi connectivity index (χ0v) is 10.7. The molecule has 4 heteroatoms. The number of cyclic esters (lactones) is 1. The van der Waals surface area contributed by atoms with Crippen LogP contribution in [0.1, 0.15) is 13.8 Å². The van der Waals surface area contributed by atoms with Crippen molar-refractivity contribution in [2.75, 3.05) is 4.90 Å². The number of fused-ring (bicyclic) bond motifs is 1. The first-order valence-corrected chi connectivity index (χ1v) is 6.06. The van der Waals surface area contributed by atoms with Gasteiger partial charge in [0.2, 0.25) is 0 Å². The second-order valence-corrected chi connectivity index (χ2v) is 5.02. The summed E-state index contributed by atoms with van der Waals surface area (Å²) in [5.41, 5.74) is -0.535. The van der Waals surface area contributed by atoms with E-state index in [1.165, 1.54) is 0 Å². The lowest BCUT2D eigenvalue weighted by molar-refractivity contribution is -0.127. The van der Waals surface area contributed by atoms with Gasteiger partial charge in [-0.3, -0.25) is 4.79 Å². The van der Waals surface area contributed by atoms with E-state index in [1.807, 2.05) is 36.4 Å². The summed E-state index contributed by atoms with van der Waals surface area (Å²) in [6.07, 6.45) is -0.619. The number of ether oxygens (including phenoxy) is 1. The van der Waals surface area contributed by atoms with Crippen LogP contribution < -0.4 is 4.90 Å². The molecular formula is C15H13NO3. The fraction of sp³-hybridized carbons (Fsp3) is 0.200. The summed E-state index contributed by atoms with van der Waals surface area (Å²) in [5, 5.41) is 1.83. The Kier molecular flexibility index (Phi) is 2.35. The summed E-state index contributed by atoms with van der Waals surface area (Å²) in [7, 11) is 0. The Morgan fingerprint density at radius 3 is 2.37 bits per heavy atom. The number of benzene rings is 2. The van der Waals surface area contributed by atoms with E-state index in [0.29, 0.717) is 5.69 Å². The minimum absolute atomic E-state index is 0.339. The average molecular weight is 255 g/mol. The van der Waals surface area contributed by atoms with Crippen LogP contribution in [0.15, 0.2) is 42.5 Å². The third kappa shape index (κ3) is 1.68. The molecule has 2 aromatic rings. The Balaban J connectivity index is 2.21. The Labute approximate surface area is 110 Å². The van der Waals surface area contributed by atoms with Gasteiger partial charge in [-0.15, -0.1) is 0 Å². The van der Waals surface area contributed by atoms with Crippen molar-refractivity contribution in [3.63, 3.8) is 0 Å². The molecule has 1 fully saturated rings. The minimum atomic E-state index is -1.10. The number of amides is 2. The summed E-state index contributed by atoms with van der Waals surface area (Å²) in [4.78, 5) is 25.3. The van der Waals surface area contributed by atoms with Crippen LogP contribution >= 0.6 is 0 Å². The lowest BCUT2D eigenvalue weighted by Crippen LogP contribution is -2.36. The lowest BCUT2D eigenvalue weighted by Gasteiger charge is -2.15. The summed E-state index contributed by atoms with van der Waals surface area (Å²) < 4.78 is 5.11. The van der Waals surface area contributed by atoms with Crippen molar-refractivity contribution in [3.05, 3.63) is 42.5 Å². The number of rotatable bonds is 1. The SMILES string of the molecule is CC1(C)OC(=O)N(c2cccc3ccccc23)C1=O. The van der Waals surface area contributed by atoms with Crippen molar-refractivity contribution in [2.24, 2.45) is 0 Å². The van der Waals surface area contributed by atoms with Crippen molar-refractivity contribution < 1.29 is 14.3 Å². The van der Waals surface area contributed by atoms with Crippen LogP contribution in [0.5, 0.6) is 0 Å². The van der Waals surface area contributed by atoms with Crippen LogP contribution in [0.3, 0.4) is 0 Å². The Hall–Kier alpha value is -2.36. The van der Waals surface area contributed by atoms with Crippen LogP contribution in [0, 0.1) is 0 Å². The topological polar surface area (TPSA) is 46.6 Å². The number of nitrogens with zero attached hydrogens (tertiary/aromatic N) is 1. The Morgan fingerprint density at radius 2 is 1.68 bits per heavy atom. The normalized spacial score (nSPS) is 17.9. The molecule has 1 saturated heterocycles. The maximum atomic E-state index is 12.3. The van der Waals surface area contributed by atoms with E-state index >= 15 is 0 Å². The highest BCUT2D eigenvalue weighted by molar-refractivity contribution is 6.22. The molecule has 3 rings (SSSR count). The maximum absolute atomic E-state index is 12.3. The number of hydrogen-bond acceptors (Lipinski definition) is 3. The van der Waals surface area contributed by atoms with Crippen molar-refractivity contribution in [2.45, 2.75) is 19.4 Å². The van der Waals surface area contributed by atoms with E-state index in [0.717, 1.165) is 15.7 Å². The summed E-state index contributed by atoms with van der Waals surface area (Å²) in [6.45, 7) is 3.19. The average Bonchev–Trinajstić information content (AvgIpc) is 2.58. The summed E-state index contributed by atoms with van der Waals surface area (Å²) in [5.74, 6) is -0.339. The predicted molar refractivity (Wildman–Crippen MR) is 72.0 cm³/mol. The van der Waals surface area contributed by atoms with Crippen LogP contribution in [0.25, 0.3) is 10.8 Å². The van der Waals surface area contributed by atoms with Crippen LogP contribution in [-0.2, 0) is 9.53 Å². The number of hydrogen-bond donors (Lipinski definition) is 0. The van der Waals surface area contributed by atoms with Crippen molar-refractivity contribution in [1.29, 1.82) is 0 Å². The van der Waals surface area contributed by atoms with Gasteiger partial charge in [-0.1, -0.05) is 36.4 Å². The molecule has 1 aliphatic rings. The fourth-order valence-electron chi connectivity index (χ4n) is 2.27. The molecule has 19 heavy (non-hydrogen) atoms. The smallest absolute Gasteiger partial charge is 0.422 e. The number of carbonyl (C=O) groups is 2. The lowest BCUT2D eigenvalue weighted by atomic mass is 10.1. The van der Waals surface area contributed by atoms with Gasteiger partial charge in [0.05, 0.1) is 5.69 Å². The minimum Gasteiger partial charge on any atom is -0.433 e. The molecule has 0 bridgehead atoms. The highest BCUT2D eigenvalue weighted by Gasteiger charge is 2.48. The molecule has 1 aliphatic heterocycles. The largest absolute Gasteiger partial charge is 0.433 e. The number of imide groups is 1. The molecule has 0 atom stereocenters. The standard InChI is InChI=1S/C15H13NO3/c1-15(2)13(17)16(14(18)19-15)12-9-5-7-10-6-3-4-8-11(10)12/h3-9H,1-2H3. The highest BCUT2D eigenvalue weighted by Crippen LogP contribution is 2.33. The molecule has 96 valence electrons. The first-order valence-electron chi connectivity index (χ1n) is 6.06. The van der Waals surface area contributed by atoms with E-state index < -0.39 is 11.7 Å². The van der Waals surface area contributed by atoms with E-state index in [2.05, 4.69) is 0 Å². The predicted octanol–water partition coefficient (Wildman–Crippen LogP) is 3.10. The second-order valence-electron chi connectivity index (χ2n) is 5.02. The zero-order valence-electron chi connectivity index (χ0n) is 10.7. The first kappa shape index (κ1) is 11.7. The van der Waals surface area contributed by atoms with Gasteiger partial charge in [-0.05, 0) is 25.3 Å². The maximum Gasteiger partial charge on any atom is 0.422 e. The highest BCUT2D eigenvalue weighted by atomic mass is 16.6. The molecule has 0 spiro atoms. The van der Waals surface area contributed by atoms with Gasteiger partial charge in [-0.25, -0.2) is 9.69 Å². The molecule has 0 radical (unpaired) electrons. The van der Waals surface area contributed by atoms with Crippen molar-refractivity contribution in [3.8, 4) is 0 Å².